The monoisotopic (exact) mass is 294 g/mol. The quantitative estimate of drug-likeness (QED) is 0.349. The lowest BCUT2D eigenvalue weighted by atomic mass is 10.1. The van der Waals surface area contributed by atoms with E-state index in [0.29, 0.717) is 5.56 Å². The van der Waals surface area contributed by atoms with Crippen molar-refractivity contribution in [3.05, 3.63) is 35.9 Å². The molecule has 0 heterocycles. The van der Waals surface area contributed by atoms with Crippen LogP contribution in [0.25, 0.3) is 0 Å². The van der Waals surface area contributed by atoms with Gasteiger partial charge in [-0.3, -0.25) is 4.52 Å². The van der Waals surface area contributed by atoms with E-state index in [1.807, 2.05) is 18.2 Å². The number of rotatable bonds is 6. The summed E-state index contributed by atoms with van der Waals surface area (Å²) in [4.78, 5) is 0. The van der Waals surface area contributed by atoms with Crippen LogP contribution in [0.2, 0.25) is 0 Å². The van der Waals surface area contributed by atoms with E-state index in [-0.39, 0.29) is 12.3 Å². The van der Waals surface area contributed by atoms with Gasteiger partial charge in [0.25, 0.3) is 0 Å². The number of hydrogen-bond acceptors (Lipinski definition) is 6. The highest BCUT2D eigenvalue weighted by molar-refractivity contribution is 8.07. The zero-order valence-corrected chi connectivity index (χ0v) is 11.9. The van der Waals surface area contributed by atoms with Crippen LogP contribution in [-0.2, 0) is 25.5 Å². The topological polar surface area (TPSA) is 63.8 Å². The van der Waals surface area contributed by atoms with Gasteiger partial charge in [0.2, 0.25) is 0 Å². The number of nitriles is 1. The molecule has 0 fully saturated rings. The maximum Gasteiger partial charge on any atom is 0.464 e. The second kappa shape index (κ2) is 7.56. The number of hydrogen-bond donors (Lipinski definition) is 0. The highest BCUT2D eigenvalue weighted by atomic mass is 32.5. The Balaban J connectivity index is 2.92. The normalized spacial score (nSPS) is 13.7. The van der Waals surface area contributed by atoms with Crippen LogP contribution in [-0.4, -0.2) is 12.3 Å². The van der Waals surface area contributed by atoms with Crippen molar-refractivity contribution in [3.63, 3.8) is 0 Å². The number of terminal acetylenes is 1. The number of oxime groups is 1. The largest absolute Gasteiger partial charge is 0.464 e. The summed E-state index contributed by atoms with van der Waals surface area (Å²) < 4.78 is 14.9. The molecule has 1 unspecified atom stereocenters. The summed E-state index contributed by atoms with van der Waals surface area (Å²) in [6.07, 6.45) is 6.93. The summed E-state index contributed by atoms with van der Waals surface area (Å²) in [5, 5.41) is 12.7. The van der Waals surface area contributed by atoms with Crippen molar-refractivity contribution >= 4 is 24.2 Å². The van der Waals surface area contributed by atoms with Crippen LogP contribution in [0, 0.1) is 23.9 Å². The summed E-state index contributed by atoms with van der Waals surface area (Å²) in [5.74, 6) is 0. The summed E-state index contributed by atoms with van der Waals surface area (Å²) in [6, 6.07) is 10.7. The van der Waals surface area contributed by atoms with Gasteiger partial charge in [-0.05, 0) is 6.92 Å². The average molecular weight is 294 g/mol. The Hall–Kier alpha value is -1.85. The Kier molecular flexibility index (Phi) is 6.05. The molecule has 5 nitrogen and oxygen atoms in total. The number of nitrogens with zero attached hydrogens (tertiary/aromatic N) is 2. The second-order valence-electron chi connectivity index (χ2n) is 3.07. The van der Waals surface area contributed by atoms with Crippen molar-refractivity contribution in [1.82, 2.24) is 0 Å². The van der Waals surface area contributed by atoms with Gasteiger partial charge in [-0.2, -0.15) is 5.26 Å². The van der Waals surface area contributed by atoms with Crippen LogP contribution in [0.1, 0.15) is 12.5 Å². The molecule has 1 aromatic carbocycles. The standard InChI is InChI=1S/C12H11N2O3PS/c1-3-15-18(19,16-4-2)17-14-12(10-13)11-8-6-5-7-9-11/h1,5-9H,4H2,2H3. The summed E-state index contributed by atoms with van der Waals surface area (Å²) in [7, 11) is 0. The van der Waals surface area contributed by atoms with E-state index in [0.717, 1.165) is 0 Å². The SMILES string of the molecule is C#COP(=S)(OCC)ON=C(C#N)c1ccccc1. The van der Waals surface area contributed by atoms with Crippen molar-refractivity contribution in [1.29, 1.82) is 5.26 Å². The van der Waals surface area contributed by atoms with Crippen LogP contribution in [0.4, 0.5) is 0 Å². The lowest BCUT2D eigenvalue weighted by molar-refractivity contribution is 0.209. The molecule has 1 atom stereocenters. The molecule has 1 rings (SSSR count). The molecule has 0 aromatic heterocycles. The first-order valence-electron chi connectivity index (χ1n) is 5.26. The Morgan fingerprint density at radius 1 is 1.47 bits per heavy atom. The Morgan fingerprint density at radius 3 is 2.68 bits per heavy atom. The minimum Gasteiger partial charge on any atom is -0.361 e. The van der Waals surface area contributed by atoms with E-state index in [1.54, 1.807) is 31.2 Å². The molecule has 0 aliphatic carbocycles. The minimum atomic E-state index is -3.15. The van der Waals surface area contributed by atoms with Gasteiger partial charge >= 0.3 is 6.72 Å². The average Bonchev–Trinajstić information content (AvgIpc) is 2.41. The zero-order chi connectivity index (χ0) is 14.1. The van der Waals surface area contributed by atoms with Crippen LogP contribution < -0.4 is 0 Å². The molecule has 0 aliphatic heterocycles. The molecule has 0 bridgehead atoms. The maximum atomic E-state index is 9.03. The van der Waals surface area contributed by atoms with Crippen molar-refractivity contribution in [2.45, 2.75) is 6.92 Å². The van der Waals surface area contributed by atoms with Crippen molar-refractivity contribution in [2.24, 2.45) is 5.16 Å². The fourth-order valence-electron chi connectivity index (χ4n) is 1.11. The van der Waals surface area contributed by atoms with Gasteiger partial charge in [0.15, 0.2) is 5.71 Å². The summed E-state index contributed by atoms with van der Waals surface area (Å²) in [6.45, 7) is -1.16. The van der Waals surface area contributed by atoms with Crippen LogP contribution in [0.15, 0.2) is 35.5 Å². The third-order valence-electron chi connectivity index (χ3n) is 1.84. The van der Waals surface area contributed by atoms with Crippen molar-refractivity contribution < 1.29 is 13.7 Å². The first kappa shape index (κ1) is 15.2. The molecule has 0 aliphatic rings. The Labute approximate surface area is 117 Å². The number of benzene rings is 1. The molecule has 0 spiro atoms. The van der Waals surface area contributed by atoms with E-state index in [1.165, 1.54) is 0 Å². The van der Waals surface area contributed by atoms with Crippen molar-refractivity contribution in [3.8, 4) is 18.6 Å². The molecule has 0 radical (unpaired) electrons. The van der Waals surface area contributed by atoms with Crippen LogP contribution >= 0.6 is 6.72 Å². The van der Waals surface area contributed by atoms with E-state index >= 15 is 0 Å². The van der Waals surface area contributed by atoms with E-state index < -0.39 is 6.72 Å². The highest BCUT2D eigenvalue weighted by Crippen LogP contribution is 2.49. The maximum absolute atomic E-state index is 9.03. The first-order chi connectivity index (χ1) is 9.15. The predicted octanol–water partition coefficient (Wildman–Crippen LogP) is 2.80. The van der Waals surface area contributed by atoms with E-state index in [2.05, 4.69) is 5.16 Å². The van der Waals surface area contributed by atoms with Gasteiger partial charge in [0.05, 0.1) is 6.61 Å². The molecule has 98 valence electrons. The zero-order valence-electron chi connectivity index (χ0n) is 10.1. The van der Waals surface area contributed by atoms with Gasteiger partial charge in [0.1, 0.15) is 12.2 Å². The molecular formula is C12H11N2O3PS. The minimum absolute atomic E-state index is 0.0650. The van der Waals surface area contributed by atoms with Crippen LogP contribution in [0.5, 0.6) is 0 Å². The summed E-state index contributed by atoms with van der Waals surface area (Å²) >= 11 is 5.00. The molecule has 1 aromatic rings. The third kappa shape index (κ3) is 4.73. The van der Waals surface area contributed by atoms with Gasteiger partial charge in [-0.15, -0.1) is 0 Å². The van der Waals surface area contributed by atoms with E-state index in [4.69, 9.17) is 37.2 Å². The van der Waals surface area contributed by atoms with Gasteiger partial charge in [-0.1, -0.05) is 41.9 Å². The highest BCUT2D eigenvalue weighted by Gasteiger charge is 2.22. The van der Waals surface area contributed by atoms with Gasteiger partial charge in [-0.25, -0.2) is 0 Å². The van der Waals surface area contributed by atoms with Gasteiger partial charge in [0, 0.05) is 17.4 Å². The molecule has 0 saturated heterocycles. The molecule has 7 heteroatoms. The molecule has 0 N–H and O–H groups in total. The first-order valence-corrected chi connectivity index (χ1v) is 7.82. The van der Waals surface area contributed by atoms with E-state index in [9.17, 15) is 0 Å². The van der Waals surface area contributed by atoms with Gasteiger partial charge < -0.3 is 9.15 Å². The van der Waals surface area contributed by atoms with Crippen LogP contribution in [0.3, 0.4) is 0 Å². The molecule has 19 heavy (non-hydrogen) atoms. The molecule has 0 amide bonds. The Bertz CT molecular complexity index is 575. The molecule has 0 saturated carbocycles. The smallest absolute Gasteiger partial charge is 0.361 e. The fourth-order valence-corrected chi connectivity index (χ4v) is 2.42. The lowest BCUT2D eigenvalue weighted by Gasteiger charge is -2.14. The molecular weight excluding hydrogens is 283 g/mol. The Morgan fingerprint density at radius 2 is 2.16 bits per heavy atom. The fraction of sp³-hybridized carbons (Fsp3) is 0.167. The van der Waals surface area contributed by atoms with Crippen molar-refractivity contribution in [2.75, 3.05) is 6.61 Å². The predicted molar refractivity (Wildman–Crippen MR) is 75.5 cm³/mol. The summed E-state index contributed by atoms with van der Waals surface area (Å²) in [5.41, 5.74) is 0.666. The second-order valence-corrected chi connectivity index (χ2v) is 5.91. The lowest BCUT2D eigenvalue weighted by Crippen LogP contribution is -2.00. The third-order valence-corrected chi connectivity index (χ3v) is 3.76.